The van der Waals surface area contributed by atoms with E-state index in [1.807, 2.05) is 6.08 Å². The van der Waals surface area contributed by atoms with Gasteiger partial charge in [-0.25, -0.2) is 0 Å². The van der Waals surface area contributed by atoms with Crippen molar-refractivity contribution >= 4 is 0 Å². The maximum atomic E-state index is 5.27. The first-order valence-corrected chi connectivity index (χ1v) is 4.33. The van der Waals surface area contributed by atoms with Crippen LogP contribution in [0.25, 0.3) is 0 Å². The summed E-state index contributed by atoms with van der Waals surface area (Å²) in [6, 6.07) is 0. The molecule has 0 radical (unpaired) electrons. The lowest BCUT2D eigenvalue weighted by molar-refractivity contribution is 0.184. The largest absolute Gasteiger partial charge is 0.381 e. The minimum Gasteiger partial charge on any atom is -0.381 e. The third-order valence-electron chi connectivity index (χ3n) is 2.04. The van der Waals surface area contributed by atoms with Crippen LogP contribution >= 0.6 is 0 Å². The minimum absolute atomic E-state index is 0.798. The summed E-state index contributed by atoms with van der Waals surface area (Å²) in [5.74, 6) is 0.798. The van der Waals surface area contributed by atoms with Gasteiger partial charge < -0.3 is 10.1 Å². The zero-order valence-electron chi connectivity index (χ0n) is 7.01. The van der Waals surface area contributed by atoms with E-state index in [-0.39, 0.29) is 0 Å². The molecule has 2 nitrogen and oxygen atoms in total. The van der Waals surface area contributed by atoms with Crippen molar-refractivity contribution in [3.8, 4) is 0 Å². The maximum absolute atomic E-state index is 5.27. The maximum Gasteiger partial charge on any atom is 0.0495 e. The topological polar surface area (TPSA) is 21.3 Å². The molecule has 0 aromatic carbocycles. The van der Waals surface area contributed by atoms with E-state index >= 15 is 0 Å². The van der Waals surface area contributed by atoms with Gasteiger partial charge in [-0.15, -0.1) is 6.58 Å². The van der Waals surface area contributed by atoms with Gasteiger partial charge in [0.25, 0.3) is 0 Å². The average molecular weight is 155 g/mol. The number of rotatable bonds is 5. The highest BCUT2D eigenvalue weighted by atomic mass is 16.5. The third-order valence-corrected chi connectivity index (χ3v) is 2.04. The van der Waals surface area contributed by atoms with Crippen LogP contribution in [0.3, 0.4) is 0 Å². The van der Waals surface area contributed by atoms with E-state index in [4.69, 9.17) is 4.74 Å². The summed E-state index contributed by atoms with van der Waals surface area (Å²) < 4.78 is 5.27. The molecule has 0 saturated carbocycles. The molecule has 64 valence electrons. The molecule has 0 amide bonds. The Balaban J connectivity index is 1.89. The summed E-state index contributed by atoms with van der Waals surface area (Å²) in [6.07, 6.45) is 4.38. The van der Waals surface area contributed by atoms with Crippen LogP contribution in [-0.4, -0.2) is 26.3 Å². The van der Waals surface area contributed by atoms with Gasteiger partial charge in [0.05, 0.1) is 0 Å². The van der Waals surface area contributed by atoms with Gasteiger partial charge in [-0.2, -0.15) is 0 Å². The van der Waals surface area contributed by atoms with Gasteiger partial charge in [0.2, 0.25) is 0 Å². The zero-order chi connectivity index (χ0) is 7.94. The van der Waals surface area contributed by atoms with E-state index in [2.05, 4.69) is 11.9 Å². The SMILES string of the molecule is C=CCNCCC1CCOC1. The summed E-state index contributed by atoms with van der Waals surface area (Å²) in [5.41, 5.74) is 0. The van der Waals surface area contributed by atoms with Crippen LogP contribution in [-0.2, 0) is 4.74 Å². The van der Waals surface area contributed by atoms with Crippen LogP contribution in [0.15, 0.2) is 12.7 Å². The number of hydrogen-bond acceptors (Lipinski definition) is 2. The fourth-order valence-electron chi connectivity index (χ4n) is 1.32. The first-order chi connectivity index (χ1) is 5.43. The van der Waals surface area contributed by atoms with Gasteiger partial charge in [0.15, 0.2) is 0 Å². The monoisotopic (exact) mass is 155 g/mol. The van der Waals surface area contributed by atoms with Crippen LogP contribution in [0.4, 0.5) is 0 Å². The second kappa shape index (κ2) is 5.33. The van der Waals surface area contributed by atoms with Crippen molar-refractivity contribution < 1.29 is 4.74 Å². The standard InChI is InChI=1S/C9H17NO/c1-2-5-10-6-3-9-4-7-11-8-9/h2,9-10H,1,3-8H2. The second-order valence-electron chi connectivity index (χ2n) is 3.01. The van der Waals surface area contributed by atoms with Gasteiger partial charge in [0, 0.05) is 19.8 Å². The van der Waals surface area contributed by atoms with Crippen molar-refractivity contribution in [1.82, 2.24) is 5.32 Å². The van der Waals surface area contributed by atoms with E-state index in [1.165, 1.54) is 12.8 Å². The molecular weight excluding hydrogens is 138 g/mol. The van der Waals surface area contributed by atoms with Gasteiger partial charge in [-0.3, -0.25) is 0 Å². The molecule has 1 fully saturated rings. The van der Waals surface area contributed by atoms with Gasteiger partial charge >= 0.3 is 0 Å². The normalized spacial score (nSPS) is 23.8. The first kappa shape index (κ1) is 8.75. The Bertz CT molecular complexity index is 108. The van der Waals surface area contributed by atoms with E-state index in [1.54, 1.807) is 0 Å². The van der Waals surface area contributed by atoms with Crippen molar-refractivity contribution in [1.29, 1.82) is 0 Å². The lowest BCUT2D eigenvalue weighted by atomic mass is 10.1. The quantitative estimate of drug-likeness (QED) is 0.475. The molecule has 0 aromatic heterocycles. The fraction of sp³-hybridized carbons (Fsp3) is 0.778. The molecule has 2 heteroatoms. The smallest absolute Gasteiger partial charge is 0.0495 e. The first-order valence-electron chi connectivity index (χ1n) is 4.33. The summed E-state index contributed by atoms with van der Waals surface area (Å²) in [4.78, 5) is 0. The Morgan fingerprint density at radius 1 is 1.64 bits per heavy atom. The molecule has 1 unspecified atom stereocenters. The van der Waals surface area contributed by atoms with Crippen molar-refractivity contribution in [2.75, 3.05) is 26.3 Å². The van der Waals surface area contributed by atoms with E-state index in [0.717, 1.165) is 32.2 Å². The van der Waals surface area contributed by atoms with Gasteiger partial charge in [0.1, 0.15) is 0 Å². The lowest BCUT2D eigenvalue weighted by Gasteiger charge is -2.06. The van der Waals surface area contributed by atoms with Gasteiger partial charge in [-0.05, 0) is 25.3 Å². The van der Waals surface area contributed by atoms with E-state index in [9.17, 15) is 0 Å². The molecule has 1 N–H and O–H groups in total. The Morgan fingerprint density at radius 3 is 3.18 bits per heavy atom. The summed E-state index contributed by atoms with van der Waals surface area (Å²) in [5, 5.41) is 3.29. The predicted octanol–water partition coefficient (Wildman–Crippen LogP) is 1.19. The van der Waals surface area contributed by atoms with Crippen LogP contribution in [0.2, 0.25) is 0 Å². The number of ether oxygens (including phenoxy) is 1. The molecule has 0 aromatic rings. The van der Waals surface area contributed by atoms with E-state index < -0.39 is 0 Å². The molecule has 1 rings (SSSR count). The van der Waals surface area contributed by atoms with Crippen molar-refractivity contribution in [3.05, 3.63) is 12.7 Å². The average Bonchev–Trinajstić information content (AvgIpc) is 2.50. The molecule has 0 aliphatic carbocycles. The number of hydrogen-bond donors (Lipinski definition) is 1. The summed E-state index contributed by atoms with van der Waals surface area (Å²) in [6.45, 7) is 7.60. The van der Waals surface area contributed by atoms with Crippen LogP contribution < -0.4 is 5.32 Å². The van der Waals surface area contributed by atoms with Gasteiger partial charge in [-0.1, -0.05) is 6.08 Å². The Labute approximate surface area is 68.6 Å². The fourth-order valence-corrected chi connectivity index (χ4v) is 1.32. The van der Waals surface area contributed by atoms with E-state index in [0.29, 0.717) is 0 Å². The third kappa shape index (κ3) is 3.54. The Hall–Kier alpha value is -0.340. The Kier molecular flexibility index (Phi) is 4.24. The highest BCUT2D eigenvalue weighted by molar-refractivity contribution is 4.71. The lowest BCUT2D eigenvalue weighted by Crippen LogP contribution is -2.18. The highest BCUT2D eigenvalue weighted by Gasteiger charge is 2.14. The molecule has 1 aliphatic heterocycles. The zero-order valence-corrected chi connectivity index (χ0v) is 7.01. The predicted molar refractivity (Wildman–Crippen MR) is 46.6 cm³/mol. The van der Waals surface area contributed by atoms with Crippen LogP contribution in [0.5, 0.6) is 0 Å². The van der Waals surface area contributed by atoms with Crippen molar-refractivity contribution in [2.24, 2.45) is 5.92 Å². The summed E-state index contributed by atoms with van der Waals surface area (Å²) in [7, 11) is 0. The molecular formula is C9H17NO. The van der Waals surface area contributed by atoms with Crippen molar-refractivity contribution in [3.63, 3.8) is 0 Å². The minimum atomic E-state index is 0.798. The van der Waals surface area contributed by atoms with Crippen molar-refractivity contribution in [2.45, 2.75) is 12.8 Å². The van der Waals surface area contributed by atoms with Crippen LogP contribution in [0.1, 0.15) is 12.8 Å². The Morgan fingerprint density at radius 2 is 2.55 bits per heavy atom. The molecule has 1 atom stereocenters. The molecule has 1 aliphatic rings. The molecule has 0 bridgehead atoms. The number of nitrogens with one attached hydrogen (secondary N) is 1. The highest BCUT2D eigenvalue weighted by Crippen LogP contribution is 2.14. The molecule has 11 heavy (non-hydrogen) atoms. The molecule has 1 saturated heterocycles. The molecule has 1 heterocycles. The second-order valence-corrected chi connectivity index (χ2v) is 3.01. The summed E-state index contributed by atoms with van der Waals surface area (Å²) >= 11 is 0. The molecule has 0 spiro atoms. The van der Waals surface area contributed by atoms with Crippen LogP contribution in [0, 0.1) is 5.92 Å².